The van der Waals surface area contributed by atoms with Crippen molar-refractivity contribution in [3.8, 4) is 0 Å². The standard InChI is InChI=1S/C11H12N2O2/c1-3-15-11(14)9-6-8-5-4-7(2)12-10(8)13-9/h4-6H,3H2,1-2H3,(H,12,13). The second kappa shape index (κ2) is 3.73. The van der Waals surface area contributed by atoms with Gasteiger partial charge in [0.05, 0.1) is 6.61 Å². The van der Waals surface area contributed by atoms with Gasteiger partial charge < -0.3 is 9.72 Å². The topological polar surface area (TPSA) is 55.0 Å². The van der Waals surface area contributed by atoms with E-state index in [0.29, 0.717) is 12.3 Å². The van der Waals surface area contributed by atoms with E-state index in [1.807, 2.05) is 19.1 Å². The quantitative estimate of drug-likeness (QED) is 0.761. The Bertz CT molecular complexity index is 502. The lowest BCUT2D eigenvalue weighted by atomic mass is 10.3. The second-order valence-corrected chi connectivity index (χ2v) is 3.29. The van der Waals surface area contributed by atoms with Gasteiger partial charge in [0.2, 0.25) is 0 Å². The van der Waals surface area contributed by atoms with Gasteiger partial charge in [-0.15, -0.1) is 0 Å². The van der Waals surface area contributed by atoms with Crippen LogP contribution in [0.5, 0.6) is 0 Å². The fourth-order valence-corrected chi connectivity index (χ4v) is 1.42. The molecule has 0 aliphatic rings. The molecule has 0 amide bonds. The molecule has 2 aromatic heterocycles. The van der Waals surface area contributed by atoms with Gasteiger partial charge in [-0.3, -0.25) is 0 Å². The molecule has 0 saturated heterocycles. The Morgan fingerprint density at radius 1 is 1.53 bits per heavy atom. The molecule has 1 N–H and O–H groups in total. The fraction of sp³-hybridized carbons (Fsp3) is 0.273. The Balaban J connectivity index is 2.42. The summed E-state index contributed by atoms with van der Waals surface area (Å²) in [4.78, 5) is 18.6. The van der Waals surface area contributed by atoms with Gasteiger partial charge in [0, 0.05) is 11.1 Å². The molecule has 0 aliphatic carbocycles. The van der Waals surface area contributed by atoms with Crippen LogP contribution in [0.4, 0.5) is 0 Å². The SMILES string of the molecule is CCOC(=O)c1cc2ccc(C)nc2[nH]1. The highest BCUT2D eigenvalue weighted by Crippen LogP contribution is 2.14. The van der Waals surface area contributed by atoms with Crippen molar-refractivity contribution >= 4 is 17.0 Å². The van der Waals surface area contributed by atoms with Crippen molar-refractivity contribution in [2.75, 3.05) is 6.61 Å². The smallest absolute Gasteiger partial charge is 0.354 e. The molecular formula is C11H12N2O2. The first-order valence-electron chi connectivity index (χ1n) is 4.84. The number of aromatic amines is 1. The number of rotatable bonds is 2. The third kappa shape index (κ3) is 1.83. The summed E-state index contributed by atoms with van der Waals surface area (Å²) in [5.41, 5.74) is 2.09. The van der Waals surface area contributed by atoms with E-state index in [-0.39, 0.29) is 5.97 Å². The normalized spacial score (nSPS) is 10.5. The van der Waals surface area contributed by atoms with Crippen LogP contribution in [0.2, 0.25) is 0 Å². The van der Waals surface area contributed by atoms with Crippen LogP contribution in [0.25, 0.3) is 11.0 Å². The van der Waals surface area contributed by atoms with Crippen LogP contribution in [0.1, 0.15) is 23.1 Å². The summed E-state index contributed by atoms with van der Waals surface area (Å²) in [6.45, 7) is 4.06. The average molecular weight is 204 g/mol. The molecule has 2 heterocycles. The van der Waals surface area contributed by atoms with E-state index < -0.39 is 0 Å². The maximum absolute atomic E-state index is 11.4. The highest BCUT2D eigenvalue weighted by molar-refractivity contribution is 5.93. The Hall–Kier alpha value is -1.84. The van der Waals surface area contributed by atoms with Crippen molar-refractivity contribution in [2.24, 2.45) is 0 Å². The maximum Gasteiger partial charge on any atom is 0.354 e. The molecule has 4 nitrogen and oxygen atoms in total. The summed E-state index contributed by atoms with van der Waals surface area (Å²) < 4.78 is 4.89. The first-order valence-corrected chi connectivity index (χ1v) is 4.84. The minimum Gasteiger partial charge on any atom is -0.461 e. The van der Waals surface area contributed by atoms with Gasteiger partial charge in [0.25, 0.3) is 0 Å². The zero-order valence-electron chi connectivity index (χ0n) is 8.70. The number of esters is 1. The first kappa shape index (κ1) is 9.71. The molecule has 0 unspecified atom stereocenters. The molecule has 0 fully saturated rings. The third-order valence-corrected chi connectivity index (χ3v) is 2.11. The summed E-state index contributed by atoms with van der Waals surface area (Å²) in [7, 11) is 0. The summed E-state index contributed by atoms with van der Waals surface area (Å²) in [5.74, 6) is -0.340. The van der Waals surface area contributed by atoms with Crippen molar-refractivity contribution in [1.82, 2.24) is 9.97 Å². The van der Waals surface area contributed by atoms with Gasteiger partial charge in [0.15, 0.2) is 0 Å². The second-order valence-electron chi connectivity index (χ2n) is 3.29. The van der Waals surface area contributed by atoms with Gasteiger partial charge in [-0.1, -0.05) is 0 Å². The van der Waals surface area contributed by atoms with Crippen LogP contribution in [-0.2, 0) is 4.74 Å². The number of hydrogen-bond donors (Lipinski definition) is 1. The predicted molar refractivity (Wildman–Crippen MR) is 56.8 cm³/mol. The van der Waals surface area contributed by atoms with Crippen LogP contribution in [0, 0.1) is 6.92 Å². The Morgan fingerprint density at radius 2 is 2.33 bits per heavy atom. The molecule has 15 heavy (non-hydrogen) atoms. The lowest BCUT2D eigenvalue weighted by Gasteiger charge is -1.96. The number of ether oxygens (including phenoxy) is 1. The van der Waals surface area contributed by atoms with E-state index in [1.165, 1.54) is 0 Å². The molecule has 0 aromatic carbocycles. The molecule has 0 radical (unpaired) electrons. The van der Waals surface area contributed by atoms with E-state index in [1.54, 1.807) is 13.0 Å². The van der Waals surface area contributed by atoms with Crippen LogP contribution in [-0.4, -0.2) is 22.5 Å². The van der Waals surface area contributed by atoms with E-state index in [2.05, 4.69) is 9.97 Å². The van der Waals surface area contributed by atoms with Crippen molar-refractivity contribution in [3.63, 3.8) is 0 Å². The molecule has 2 rings (SSSR count). The minimum atomic E-state index is -0.340. The lowest BCUT2D eigenvalue weighted by Crippen LogP contribution is -2.04. The van der Waals surface area contributed by atoms with Gasteiger partial charge in [0.1, 0.15) is 11.3 Å². The number of nitrogens with zero attached hydrogens (tertiary/aromatic N) is 1. The first-order chi connectivity index (χ1) is 7.20. The lowest BCUT2D eigenvalue weighted by molar-refractivity contribution is 0.0520. The van der Waals surface area contributed by atoms with Gasteiger partial charge in [-0.25, -0.2) is 9.78 Å². The Morgan fingerprint density at radius 3 is 3.07 bits per heavy atom. The number of pyridine rings is 1. The summed E-state index contributed by atoms with van der Waals surface area (Å²) >= 11 is 0. The molecule has 0 saturated carbocycles. The zero-order valence-corrected chi connectivity index (χ0v) is 8.70. The molecule has 4 heteroatoms. The fourth-order valence-electron chi connectivity index (χ4n) is 1.42. The summed E-state index contributed by atoms with van der Waals surface area (Å²) in [6.07, 6.45) is 0. The van der Waals surface area contributed by atoms with Gasteiger partial charge in [-0.05, 0) is 32.0 Å². The van der Waals surface area contributed by atoms with Crippen LogP contribution >= 0.6 is 0 Å². The van der Waals surface area contributed by atoms with Gasteiger partial charge in [-0.2, -0.15) is 0 Å². The van der Waals surface area contributed by atoms with Crippen LogP contribution in [0.15, 0.2) is 18.2 Å². The number of H-pyrrole nitrogens is 1. The van der Waals surface area contributed by atoms with E-state index in [0.717, 1.165) is 16.7 Å². The summed E-state index contributed by atoms with van der Waals surface area (Å²) in [6, 6.07) is 5.59. The largest absolute Gasteiger partial charge is 0.461 e. The summed E-state index contributed by atoms with van der Waals surface area (Å²) in [5, 5.41) is 0.920. The zero-order chi connectivity index (χ0) is 10.8. The minimum absolute atomic E-state index is 0.340. The van der Waals surface area contributed by atoms with Gasteiger partial charge >= 0.3 is 5.97 Å². The number of nitrogens with one attached hydrogen (secondary N) is 1. The van der Waals surface area contributed by atoms with Crippen LogP contribution in [0.3, 0.4) is 0 Å². The number of aromatic nitrogens is 2. The number of carbonyl (C=O) groups excluding carboxylic acids is 1. The Kier molecular flexibility index (Phi) is 2.41. The molecule has 0 bridgehead atoms. The molecule has 0 atom stereocenters. The average Bonchev–Trinajstić information content (AvgIpc) is 2.60. The van der Waals surface area contributed by atoms with Crippen molar-refractivity contribution in [2.45, 2.75) is 13.8 Å². The number of carbonyl (C=O) groups is 1. The van der Waals surface area contributed by atoms with E-state index in [9.17, 15) is 4.79 Å². The molecule has 0 aliphatic heterocycles. The highest BCUT2D eigenvalue weighted by atomic mass is 16.5. The third-order valence-electron chi connectivity index (χ3n) is 2.11. The van der Waals surface area contributed by atoms with Crippen molar-refractivity contribution < 1.29 is 9.53 Å². The number of fused-ring (bicyclic) bond motifs is 1. The molecule has 0 spiro atoms. The van der Waals surface area contributed by atoms with E-state index in [4.69, 9.17) is 4.74 Å². The molecule has 78 valence electrons. The van der Waals surface area contributed by atoms with E-state index >= 15 is 0 Å². The van der Waals surface area contributed by atoms with Crippen molar-refractivity contribution in [3.05, 3.63) is 29.6 Å². The predicted octanol–water partition coefficient (Wildman–Crippen LogP) is 2.05. The highest BCUT2D eigenvalue weighted by Gasteiger charge is 2.10. The number of hydrogen-bond acceptors (Lipinski definition) is 3. The monoisotopic (exact) mass is 204 g/mol. The van der Waals surface area contributed by atoms with Crippen LogP contribution < -0.4 is 0 Å². The molecular weight excluding hydrogens is 192 g/mol. The number of aryl methyl sites for hydroxylation is 1. The Labute approximate surface area is 87.3 Å². The van der Waals surface area contributed by atoms with Crippen molar-refractivity contribution in [1.29, 1.82) is 0 Å². The molecule has 2 aromatic rings. The maximum atomic E-state index is 11.4.